The highest BCUT2D eigenvalue weighted by molar-refractivity contribution is 6.33. The van der Waals surface area contributed by atoms with Gasteiger partial charge in [-0.15, -0.1) is 0 Å². The smallest absolute Gasteiger partial charge is 0.147 e. The van der Waals surface area contributed by atoms with Gasteiger partial charge in [0.15, 0.2) is 0 Å². The zero-order valence-electron chi connectivity index (χ0n) is 10.4. The van der Waals surface area contributed by atoms with Crippen LogP contribution in [0.2, 0.25) is 5.02 Å². The lowest BCUT2D eigenvalue weighted by molar-refractivity contribution is 0.232. The van der Waals surface area contributed by atoms with Crippen LogP contribution in [0.1, 0.15) is 39.5 Å². The van der Waals surface area contributed by atoms with E-state index in [2.05, 4.69) is 19.2 Å². The third-order valence-corrected chi connectivity index (χ3v) is 3.97. The average Bonchev–Trinajstić information content (AvgIpc) is 2.26. The number of hydrogen-bond donors (Lipinski definition) is 1. The number of nitrogens with one attached hydrogen (secondary N) is 1. The monoisotopic (exact) mass is 255 g/mol. The largest absolute Gasteiger partial charge is 0.379 e. The third kappa shape index (κ3) is 3.12. The highest BCUT2D eigenvalue weighted by Gasteiger charge is 2.27. The molecule has 0 aromatic heterocycles. The predicted molar refractivity (Wildman–Crippen MR) is 71.1 cm³/mol. The van der Waals surface area contributed by atoms with Gasteiger partial charge in [-0.05, 0) is 43.2 Å². The predicted octanol–water partition coefficient (Wildman–Crippen LogP) is 4.86. The molecule has 1 aromatic carbocycles. The lowest BCUT2D eigenvalue weighted by Crippen LogP contribution is -2.30. The molecular formula is C14H19ClFN. The molecule has 1 N–H and O–H groups in total. The van der Waals surface area contributed by atoms with Crippen LogP contribution in [0.5, 0.6) is 0 Å². The third-order valence-electron chi connectivity index (χ3n) is 3.65. The van der Waals surface area contributed by atoms with Crippen LogP contribution in [0.15, 0.2) is 18.2 Å². The first kappa shape index (κ1) is 12.7. The SMILES string of the molecule is CC1(C)CCC(Nc2c(F)cccc2Cl)CC1. The van der Waals surface area contributed by atoms with Crippen molar-refractivity contribution in [2.45, 2.75) is 45.6 Å². The van der Waals surface area contributed by atoms with Crippen molar-refractivity contribution in [1.82, 2.24) is 0 Å². The minimum absolute atomic E-state index is 0.262. The summed E-state index contributed by atoms with van der Waals surface area (Å²) in [5.74, 6) is -0.262. The molecule has 2 rings (SSSR count). The van der Waals surface area contributed by atoms with E-state index in [1.165, 1.54) is 18.9 Å². The van der Waals surface area contributed by atoms with Crippen molar-refractivity contribution < 1.29 is 4.39 Å². The molecule has 0 radical (unpaired) electrons. The molecule has 1 fully saturated rings. The maximum Gasteiger partial charge on any atom is 0.147 e. The number of anilines is 1. The Morgan fingerprint density at radius 1 is 1.29 bits per heavy atom. The fourth-order valence-corrected chi connectivity index (χ4v) is 2.60. The van der Waals surface area contributed by atoms with Gasteiger partial charge in [-0.2, -0.15) is 0 Å². The molecule has 0 aliphatic heterocycles. The summed E-state index contributed by atoms with van der Waals surface area (Å²) in [6.45, 7) is 4.58. The van der Waals surface area contributed by atoms with Crippen LogP contribution in [0, 0.1) is 11.2 Å². The summed E-state index contributed by atoms with van der Waals surface area (Å²) in [5.41, 5.74) is 0.885. The highest BCUT2D eigenvalue weighted by atomic mass is 35.5. The number of benzene rings is 1. The van der Waals surface area contributed by atoms with E-state index in [0.717, 1.165) is 12.8 Å². The maximum absolute atomic E-state index is 13.6. The molecule has 1 aromatic rings. The van der Waals surface area contributed by atoms with Crippen molar-refractivity contribution in [2.75, 3.05) is 5.32 Å². The van der Waals surface area contributed by atoms with Crippen LogP contribution >= 0.6 is 11.6 Å². The molecule has 0 amide bonds. The normalized spacial score (nSPS) is 20.2. The Morgan fingerprint density at radius 2 is 1.94 bits per heavy atom. The van der Waals surface area contributed by atoms with E-state index in [-0.39, 0.29) is 5.82 Å². The molecular weight excluding hydrogens is 237 g/mol. The molecule has 1 aliphatic rings. The van der Waals surface area contributed by atoms with E-state index >= 15 is 0 Å². The fraction of sp³-hybridized carbons (Fsp3) is 0.571. The van der Waals surface area contributed by atoms with Gasteiger partial charge in [-0.25, -0.2) is 4.39 Å². The van der Waals surface area contributed by atoms with Crippen molar-refractivity contribution in [2.24, 2.45) is 5.41 Å². The van der Waals surface area contributed by atoms with E-state index < -0.39 is 0 Å². The first-order valence-corrected chi connectivity index (χ1v) is 6.56. The van der Waals surface area contributed by atoms with Crippen LogP contribution in [0.4, 0.5) is 10.1 Å². The molecule has 3 heteroatoms. The van der Waals surface area contributed by atoms with Gasteiger partial charge in [-0.1, -0.05) is 31.5 Å². The Bertz CT molecular complexity index is 373. The second-order valence-corrected chi connectivity index (χ2v) is 6.09. The van der Waals surface area contributed by atoms with E-state index in [9.17, 15) is 4.39 Å². The lowest BCUT2D eigenvalue weighted by atomic mass is 9.75. The number of rotatable bonds is 2. The Balaban J connectivity index is 2.03. The standard InChI is InChI=1S/C14H19ClFN/c1-14(2)8-6-10(7-9-14)17-13-11(15)4-3-5-12(13)16/h3-5,10,17H,6-9H2,1-2H3. The summed E-state index contributed by atoms with van der Waals surface area (Å²) in [6.07, 6.45) is 4.52. The van der Waals surface area contributed by atoms with Gasteiger partial charge in [0.25, 0.3) is 0 Å². The number of para-hydroxylation sites is 1. The summed E-state index contributed by atoms with van der Waals surface area (Å²) >= 11 is 6.00. The first-order chi connectivity index (χ1) is 7.98. The van der Waals surface area contributed by atoms with Gasteiger partial charge >= 0.3 is 0 Å². The van der Waals surface area contributed by atoms with Crippen molar-refractivity contribution in [3.63, 3.8) is 0 Å². The Kier molecular flexibility index (Phi) is 3.62. The van der Waals surface area contributed by atoms with Gasteiger partial charge in [0.05, 0.1) is 10.7 Å². The first-order valence-electron chi connectivity index (χ1n) is 6.18. The van der Waals surface area contributed by atoms with Crippen molar-refractivity contribution >= 4 is 17.3 Å². The van der Waals surface area contributed by atoms with E-state index in [4.69, 9.17) is 11.6 Å². The minimum Gasteiger partial charge on any atom is -0.379 e. The molecule has 0 heterocycles. The Labute approximate surface area is 107 Å². The van der Waals surface area contributed by atoms with E-state index in [0.29, 0.717) is 22.2 Å². The second-order valence-electron chi connectivity index (χ2n) is 5.68. The van der Waals surface area contributed by atoms with Gasteiger partial charge in [0, 0.05) is 6.04 Å². The van der Waals surface area contributed by atoms with Gasteiger partial charge < -0.3 is 5.32 Å². The molecule has 1 saturated carbocycles. The van der Waals surface area contributed by atoms with Crippen molar-refractivity contribution in [3.8, 4) is 0 Å². The van der Waals surface area contributed by atoms with Crippen LogP contribution in [-0.4, -0.2) is 6.04 Å². The molecule has 0 bridgehead atoms. The molecule has 1 nitrogen and oxygen atoms in total. The van der Waals surface area contributed by atoms with Crippen LogP contribution in [-0.2, 0) is 0 Å². The van der Waals surface area contributed by atoms with Crippen LogP contribution < -0.4 is 5.32 Å². The molecule has 17 heavy (non-hydrogen) atoms. The fourth-order valence-electron chi connectivity index (χ4n) is 2.38. The molecule has 94 valence electrons. The van der Waals surface area contributed by atoms with Crippen molar-refractivity contribution in [1.29, 1.82) is 0 Å². The minimum atomic E-state index is -0.262. The zero-order valence-corrected chi connectivity index (χ0v) is 11.1. The topological polar surface area (TPSA) is 12.0 Å². The Hall–Kier alpha value is -0.760. The van der Waals surface area contributed by atoms with Gasteiger partial charge in [0.2, 0.25) is 0 Å². The molecule has 1 aliphatic carbocycles. The quantitative estimate of drug-likeness (QED) is 0.796. The zero-order chi connectivity index (χ0) is 12.5. The molecule has 0 unspecified atom stereocenters. The summed E-state index contributed by atoms with van der Waals surface area (Å²) in [4.78, 5) is 0. The van der Waals surface area contributed by atoms with Crippen LogP contribution in [0.25, 0.3) is 0 Å². The summed E-state index contributed by atoms with van der Waals surface area (Å²) < 4.78 is 13.6. The number of hydrogen-bond acceptors (Lipinski definition) is 1. The maximum atomic E-state index is 13.6. The summed E-state index contributed by atoms with van der Waals surface area (Å²) in [6, 6.07) is 5.14. The highest BCUT2D eigenvalue weighted by Crippen LogP contribution is 2.37. The van der Waals surface area contributed by atoms with Crippen LogP contribution in [0.3, 0.4) is 0 Å². The van der Waals surface area contributed by atoms with Gasteiger partial charge in [0.1, 0.15) is 5.82 Å². The van der Waals surface area contributed by atoms with Gasteiger partial charge in [-0.3, -0.25) is 0 Å². The molecule has 0 saturated heterocycles. The molecule has 0 spiro atoms. The van der Waals surface area contributed by atoms with Crippen molar-refractivity contribution in [3.05, 3.63) is 29.0 Å². The summed E-state index contributed by atoms with van der Waals surface area (Å²) in [7, 11) is 0. The van der Waals surface area contributed by atoms with E-state index in [1.807, 2.05) is 0 Å². The Morgan fingerprint density at radius 3 is 2.53 bits per heavy atom. The summed E-state index contributed by atoms with van der Waals surface area (Å²) in [5, 5.41) is 3.72. The molecule has 0 atom stereocenters. The number of halogens is 2. The average molecular weight is 256 g/mol. The second kappa shape index (κ2) is 4.85. The van der Waals surface area contributed by atoms with E-state index in [1.54, 1.807) is 12.1 Å². The lowest BCUT2D eigenvalue weighted by Gasteiger charge is -2.35.